The number of carbonyl (C=O) groups excluding carboxylic acids is 2. The van der Waals surface area contributed by atoms with Gasteiger partial charge in [-0.2, -0.15) is 0 Å². The lowest BCUT2D eigenvalue weighted by Crippen LogP contribution is -2.27. The Balaban J connectivity index is 2.00. The van der Waals surface area contributed by atoms with E-state index in [2.05, 4.69) is 5.10 Å². The van der Waals surface area contributed by atoms with Crippen molar-refractivity contribution in [3.63, 3.8) is 0 Å². The molecule has 0 amide bonds. The maximum atomic E-state index is 13.2. The second-order valence-electron chi connectivity index (χ2n) is 6.72. The average Bonchev–Trinajstić information content (AvgIpc) is 2.79. The van der Waals surface area contributed by atoms with Crippen LogP contribution in [0.25, 0.3) is 0 Å². The molecule has 0 fully saturated rings. The molecule has 0 atom stereocenters. The van der Waals surface area contributed by atoms with Crippen LogP contribution in [0, 0.1) is 0 Å². The highest BCUT2D eigenvalue weighted by atomic mass is 16.7. The van der Waals surface area contributed by atoms with Crippen LogP contribution in [0.2, 0.25) is 0 Å². The predicted octanol–water partition coefficient (Wildman–Crippen LogP) is 5.03. The first-order valence-electron chi connectivity index (χ1n) is 9.93. The van der Waals surface area contributed by atoms with E-state index in [1.807, 2.05) is 73.7 Å². The standard InChI is InChI=1S/C25H24N2O3/c1-2-12-23(28)30-27(19-20-13-6-3-7-14-20)26-24(21-15-8-4-9-16-21)25(29)22-17-10-5-11-18-22/h3-11,13-18H,2,12,19H2,1H3. The molecule has 0 aromatic heterocycles. The second kappa shape index (κ2) is 10.7. The van der Waals surface area contributed by atoms with Gasteiger partial charge in [0.05, 0.1) is 0 Å². The van der Waals surface area contributed by atoms with Crippen LogP contribution >= 0.6 is 0 Å². The quantitative estimate of drug-likeness (QED) is 0.287. The molecular weight excluding hydrogens is 376 g/mol. The Hall–Kier alpha value is -3.73. The molecule has 0 spiro atoms. The summed E-state index contributed by atoms with van der Waals surface area (Å²) in [6, 6.07) is 27.7. The van der Waals surface area contributed by atoms with Crippen LogP contribution in [0.3, 0.4) is 0 Å². The summed E-state index contributed by atoms with van der Waals surface area (Å²) >= 11 is 0. The van der Waals surface area contributed by atoms with Crippen LogP contribution in [0.1, 0.15) is 41.3 Å². The molecule has 5 heteroatoms. The zero-order valence-corrected chi connectivity index (χ0v) is 16.9. The lowest BCUT2D eigenvalue weighted by Gasteiger charge is -2.19. The van der Waals surface area contributed by atoms with Gasteiger partial charge >= 0.3 is 5.97 Å². The Morgan fingerprint density at radius 1 is 0.800 bits per heavy atom. The summed E-state index contributed by atoms with van der Waals surface area (Å²) in [5.74, 6) is -0.636. The molecule has 152 valence electrons. The number of Topliss-reactive ketones (excluding diaryl/α,β-unsaturated/α-hetero) is 1. The van der Waals surface area contributed by atoms with Gasteiger partial charge < -0.3 is 4.84 Å². The van der Waals surface area contributed by atoms with Gasteiger partial charge in [-0.3, -0.25) is 4.79 Å². The highest BCUT2D eigenvalue weighted by Gasteiger charge is 2.20. The third kappa shape index (κ3) is 5.88. The summed E-state index contributed by atoms with van der Waals surface area (Å²) in [7, 11) is 0. The van der Waals surface area contributed by atoms with Gasteiger partial charge in [-0.05, 0) is 12.0 Å². The maximum Gasteiger partial charge on any atom is 0.334 e. The summed E-state index contributed by atoms with van der Waals surface area (Å²) in [4.78, 5) is 30.9. The van der Waals surface area contributed by atoms with Crippen LogP contribution in [0.4, 0.5) is 0 Å². The zero-order chi connectivity index (χ0) is 21.2. The molecular formula is C25H24N2O3. The lowest BCUT2D eigenvalue weighted by atomic mass is 10.0. The van der Waals surface area contributed by atoms with Crippen LogP contribution in [0.5, 0.6) is 0 Å². The van der Waals surface area contributed by atoms with E-state index in [9.17, 15) is 9.59 Å². The van der Waals surface area contributed by atoms with Gasteiger partial charge in [0.2, 0.25) is 5.78 Å². The van der Waals surface area contributed by atoms with E-state index >= 15 is 0 Å². The van der Waals surface area contributed by atoms with E-state index in [0.29, 0.717) is 17.5 Å². The van der Waals surface area contributed by atoms with Gasteiger partial charge in [-0.25, -0.2) is 4.79 Å². The SMILES string of the molecule is CCCC(=O)ON(Cc1ccccc1)N=C(C(=O)c1ccccc1)c1ccccc1. The highest BCUT2D eigenvalue weighted by molar-refractivity contribution is 6.51. The fourth-order valence-electron chi connectivity index (χ4n) is 2.86. The molecule has 0 aliphatic heterocycles. The number of benzene rings is 3. The Labute approximate surface area is 176 Å². The minimum Gasteiger partial charge on any atom is -0.324 e. The van der Waals surface area contributed by atoms with Crippen molar-refractivity contribution in [2.24, 2.45) is 5.10 Å². The molecule has 0 unspecified atom stereocenters. The Kier molecular flexibility index (Phi) is 7.50. The monoisotopic (exact) mass is 400 g/mol. The number of hydrogen-bond acceptors (Lipinski definition) is 5. The number of hydrazone groups is 1. The van der Waals surface area contributed by atoms with Gasteiger partial charge in [0.1, 0.15) is 12.3 Å². The molecule has 3 aromatic rings. The van der Waals surface area contributed by atoms with Gasteiger partial charge in [0, 0.05) is 17.5 Å². The third-order valence-electron chi connectivity index (χ3n) is 4.33. The molecule has 3 rings (SSSR count). The molecule has 3 aromatic carbocycles. The van der Waals surface area contributed by atoms with E-state index < -0.39 is 5.97 Å². The van der Waals surface area contributed by atoms with E-state index in [1.54, 1.807) is 24.3 Å². The Bertz CT molecular complexity index is 987. The van der Waals surface area contributed by atoms with Gasteiger partial charge in [0.15, 0.2) is 0 Å². The summed E-state index contributed by atoms with van der Waals surface area (Å²) < 4.78 is 0. The van der Waals surface area contributed by atoms with Gasteiger partial charge in [0.25, 0.3) is 0 Å². The van der Waals surface area contributed by atoms with E-state index in [4.69, 9.17) is 4.84 Å². The summed E-state index contributed by atoms with van der Waals surface area (Å²) in [6.07, 6.45) is 0.935. The number of nitrogens with zero attached hydrogens (tertiary/aromatic N) is 2. The first kappa shape index (κ1) is 21.0. The highest BCUT2D eigenvalue weighted by Crippen LogP contribution is 2.13. The van der Waals surface area contributed by atoms with E-state index in [0.717, 1.165) is 5.56 Å². The fourth-order valence-corrected chi connectivity index (χ4v) is 2.86. The molecule has 0 radical (unpaired) electrons. The zero-order valence-electron chi connectivity index (χ0n) is 16.9. The van der Waals surface area contributed by atoms with Crippen molar-refractivity contribution in [3.8, 4) is 0 Å². The van der Waals surface area contributed by atoms with Crippen LogP contribution in [-0.4, -0.2) is 22.6 Å². The topological polar surface area (TPSA) is 59.0 Å². The second-order valence-corrected chi connectivity index (χ2v) is 6.72. The first-order chi connectivity index (χ1) is 14.7. The van der Waals surface area contributed by atoms with Crippen molar-refractivity contribution < 1.29 is 14.4 Å². The van der Waals surface area contributed by atoms with Gasteiger partial charge in [-0.15, -0.1) is 10.3 Å². The van der Waals surface area contributed by atoms with Gasteiger partial charge in [-0.1, -0.05) is 97.9 Å². The van der Waals surface area contributed by atoms with Crippen molar-refractivity contribution in [1.29, 1.82) is 0 Å². The molecule has 0 aliphatic rings. The molecule has 0 saturated carbocycles. The largest absolute Gasteiger partial charge is 0.334 e. The predicted molar refractivity (Wildman–Crippen MR) is 117 cm³/mol. The summed E-state index contributed by atoms with van der Waals surface area (Å²) in [6.45, 7) is 2.13. The van der Waals surface area contributed by atoms with Crippen molar-refractivity contribution in [1.82, 2.24) is 5.17 Å². The molecule has 0 heterocycles. The molecule has 0 saturated heterocycles. The summed E-state index contributed by atoms with van der Waals surface area (Å²) in [5, 5.41) is 5.70. The molecule has 0 bridgehead atoms. The number of hydrogen-bond donors (Lipinski definition) is 0. The van der Waals surface area contributed by atoms with Crippen LogP contribution in [0.15, 0.2) is 96.1 Å². The minimum atomic E-state index is -0.392. The third-order valence-corrected chi connectivity index (χ3v) is 4.33. The molecule has 5 nitrogen and oxygen atoms in total. The Morgan fingerprint density at radius 3 is 1.90 bits per heavy atom. The van der Waals surface area contributed by atoms with E-state index in [1.165, 1.54) is 5.17 Å². The maximum absolute atomic E-state index is 13.2. The lowest BCUT2D eigenvalue weighted by molar-refractivity contribution is -0.193. The smallest absolute Gasteiger partial charge is 0.324 e. The minimum absolute atomic E-state index is 0.210. The van der Waals surface area contributed by atoms with Crippen molar-refractivity contribution in [2.45, 2.75) is 26.3 Å². The van der Waals surface area contributed by atoms with Crippen molar-refractivity contribution >= 4 is 17.5 Å². The summed E-state index contributed by atoms with van der Waals surface area (Å²) in [5.41, 5.74) is 2.28. The first-order valence-corrected chi connectivity index (χ1v) is 9.93. The number of ketones is 1. The number of rotatable bonds is 9. The molecule has 0 N–H and O–H groups in total. The number of hydroxylamine groups is 1. The average molecular weight is 400 g/mol. The van der Waals surface area contributed by atoms with Crippen LogP contribution < -0.4 is 0 Å². The van der Waals surface area contributed by atoms with Crippen LogP contribution in [-0.2, 0) is 16.2 Å². The van der Waals surface area contributed by atoms with E-state index in [-0.39, 0.29) is 24.5 Å². The molecule has 0 aliphatic carbocycles. The molecule has 30 heavy (non-hydrogen) atoms. The Morgan fingerprint density at radius 2 is 1.33 bits per heavy atom. The number of carbonyl (C=O) groups is 2. The normalized spacial score (nSPS) is 11.0. The van der Waals surface area contributed by atoms with Crippen molar-refractivity contribution in [3.05, 3.63) is 108 Å². The fraction of sp³-hybridized carbons (Fsp3) is 0.160. The van der Waals surface area contributed by atoms with Crippen molar-refractivity contribution in [2.75, 3.05) is 0 Å².